The summed E-state index contributed by atoms with van der Waals surface area (Å²) in [5.41, 5.74) is 2.87. The molecule has 1 heterocycles. The molecule has 0 radical (unpaired) electrons. The molecule has 1 aliphatic rings. The molecular formula is C17H30N2O+2. The van der Waals surface area contributed by atoms with Crippen molar-refractivity contribution in [2.75, 3.05) is 39.4 Å². The Hall–Kier alpha value is -0.900. The fraction of sp³-hybridized carbons (Fsp3) is 0.647. The zero-order valence-electron chi connectivity index (χ0n) is 13.0. The number of hydrogen-bond donors (Lipinski definition) is 2. The van der Waals surface area contributed by atoms with Crippen LogP contribution in [-0.2, 0) is 11.3 Å². The second kappa shape index (κ2) is 8.40. The van der Waals surface area contributed by atoms with Gasteiger partial charge in [-0.25, -0.2) is 0 Å². The molecule has 3 heteroatoms. The molecule has 0 aromatic heterocycles. The van der Waals surface area contributed by atoms with E-state index in [1.807, 2.05) is 0 Å². The van der Waals surface area contributed by atoms with Gasteiger partial charge in [-0.2, -0.15) is 0 Å². The molecule has 0 unspecified atom stereocenters. The molecule has 1 aromatic carbocycles. The lowest BCUT2D eigenvalue weighted by Crippen LogP contribution is -3.14. The average Bonchev–Trinajstić information content (AvgIpc) is 2.48. The first-order valence-corrected chi connectivity index (χ1v) is 8.07. The second-order valence-corrected chi connectivity index (χ2v) is 6.14. The first kappa shape index (κ1) is 15.5. The zero-order chi connectivity index (χ0) is 14.2. The van der Waals surface area contributed by atoms with E-state index in [0.29, 0.717) is 5.92 Å². The third kappa shape index (κ3) is 5.23. The number of nitrogens with two attached hydrogens (primary N) is 1. The molecule has 112 valence electrons. The number of hydrogen-bond acceptors (Lipinski definition) is 1. The van der Waals surface area contributed by atoms with Crippen molar-refractivity contribution in [3.05, 3.63) is 35.4 Å². The largest absolute Gasteiger partial charge is 0.370 e. The Kier molecular flexibility index (Phi) is 6.51. The number of benzene rings is 1. The van der Waals surface area contributed by atoms with Crippen LogP contribution in [0.1, 0.15) is 37.3 Å². The summed E-state index contributed by atoms with van der Waals surface area (Å²) in [6, 6.07) is 9.09. The molecule has 3 nitrogen and oxygen atoms in total. The molecule has 3 N–H and O–H groups in total. The molecule has 1 saturated heterocycles. The van der Waals surface area contributed by atoms with Crippen LogP contribution < -0.4 is 10.2 Å². The monoisotopic (exact) mass is 278 g/mol. The highest BCUT2D eigenvalue weighted by atomic mass is 16.5. The van der Waals surface area contributed by atoms with Gasteiger partial charge in [0.05, 0.1) is 26.3 Å². The Balaban J connectivity index is 1.58. The molecular weight excluding hydrogens is 248 g/mol. The van der Waals surface area contributed by atoms with Gasteiger partial charge in [-0.3, -0.25) is 0 Å². The lowest BCUT2D eigenvalue weighted by molar-refractivity contribution is -0.909. The number of morpholine rings is 1. The lowest BCUT2D eigenvalue weighted by Gasteiger charge is -2.23. The summed E-state index contributed by atoms with van der Waals surface area (Å²) >= 11 is 0. The summed E-state index contributed by atoms with van der Waals surface area (Å²) in [6.45, 7) is 12.4. The summed E-state index contributed by atoms with van der Waals surface area (Å²) in [7, 11) is 0. The number of quaternary nitrogens is 2. The van der Waals surface area contributed by atoms with Gasteiger partial charge in [-0.1, -0.05) is 38.1 Å². The van der Waals surface area contributed by atoms with E-state index in [0.717, 1.165) is 19.8 Å². The van der Waals surface area contributed by atoms with Gasteiger partial charge < -0.3 is 15.0 Å². The smallest absolute Gasteiger partial charge is 0.101 e. The van der Waals surface area contributed by atoms with Crippen molar-refractivity contribution in [2.24, 2.45) is 0 Å². The topological polar surface area (TPSA) is 30.3 Å². The van der Waals surface area contributed by atoms with Crippen LogP contribution in [0.4, 0.5) is 0 Å². The minimum atomic E-state index is 0.629. The van der Waals surface area contributed by atoms with E-state index >= 15 is 0 Å². The number of nitrogens with one attached hydrogen (secondary N) is 1. The fourth-order valence-electron chi connectivity index (χ4n) is 2.71. The maximum Gasteiger partial charge on any atom is 0.101 e. The minimum absolute atomic E-state index is 0.629. The van der Waals surface area contributed by atoms with Crippen LogP contribution in [0.3, 0.4) is 0 Å². The van der Waals surface area contributed by atoms with Gasteiger partial charge in [0.2, 0.25) is 0 Å². The maximum absolute atomic E-state index is 5.38. The van der Waals surface area contributed by atoms with Crippen molar-refractivity contribution in [1.29, 1.82) is 0 Å². The third-order valence-corrected chi connectivity index (χ3v) is 4.16. The Morgan fingerprint density at radius 2 is 1.85 bits per heavy atom. The predicted molar refractivity (Wildman–Crippen MR) is 82.0 cm³/mol. The summed E-state index contributed by atoms with van der Waals surface area (Å²) in [4.78, 5) is 1.71. The van der Waals surface area contributed by atoms with E-state index in [4.69, 9.17) is 4.74 Å². The van der Waals surface area contributed by atoms with Crippen LogP contribution in [0.5, 0.6) is 0 Å². The number of rotatable bonds is 7. The molecule has 0 spiro atoms. The van der Waals surface area contributed by atoms with Crippen LogP contribution >= 0.6 is 0 Å². The summed E-state index contributed by atoms with van der Waals surface area (Å²) in [6.07, 6.45) is 1.30. The molecule has 0 atom stereocenters. The molecule has 2 rings (SSSR count). The van der Waals surface area contributed by atoms with E-state index in [-0.39, 0.29) is 0 Å². The first-order valence-electron chi connectivity index (χ1n) is 8.07. The molecule has 1 fully saturated rings. The van der Waals surface area contributed by atoms with Gasteiger partial charge in [0.15, 0.2) is 0 Å². The third-order valence-electron chi connectivity index (χ3n) is 4.16. The van der Waals surface area contributed by atoms with Crippen molar-refractivity contribution >= 4 is 0 Å². The van der Waals surface area contributed by atoms with E-state index in [1.54, 1.807) is 4.90 Å². The van der Waals surface area contributed by atoms with Crippen molar-refractivity contribution in [3.8, 4) is 0 Å². The number of ether oxygens (including phenoxy) is 1. The van der Waals surface area contributed by atoms with Crippen LogP contribution in [0.25, 0.3) is 0 Å². The SMILES string of the molecule is CC(C)c1ccc(C[NH2+]CCC[NH+]2CCOCC2)cc1. The van der Waals surface area contributed by atoms with Crippen molar-refractivity contribution in [1.82, 2.24) is 0 Å². The highest BCUT2D eigenvalue weighted by molar-refractivity contribution is 5.23. The lowest BCUT2D eigenvalue weighted by atomic mass is 10.0. The maximum atomic E-state index is 5.38. The first-order chi connectivity index (χ1) is 9.75. The normalized spacial score (nSPS) is 16.8. The van der Waals surface area contributed by atoms with Gasteiger partial charge in [0, 0.05) is 12.0 Å². The molecule has 1 aromatic rings. The summed E-state index contributed by atoms with van der Waals surface area (Å²) in [5.74, 6) is 0.629. The Morgan fingerprint density at radius 3 is 2.50 bits per heavy atom. The second-order valence-electron chi connectivity index (χ2n) is 6.14. The Labute approximate surface area is 123 Å². The van der Waals surface area contributed by atoms with Gasteiger partial charge in [0.1, 0.15) is 19.6 Å². The fourth-order valence-corrected chi connectivity index (χ4v) is 2.71. The van der Waals surface area contributed by atoms with Crippen LogP contribution in [0, 0.1) is 0 Å². The zero-order valence-corrected chi connectivity index (χ0v) is 13.0. The molecule has 0 amide bonds. The Bertz CT molecular complexity index is 369. The van der Waals surface area contributed by atoms with Gasteiger partial charge >= 0.3 is 0 Å². The highest BCUT2D eigenvalue weighted by Gasteiger charge is 2.12. The minimum Gasteiger partial charge on any atom is -0.370 e. The summed E-state index contributed by atoms with van der Waals surface area (Å²) in [5, 5.41) is 2.43. The average molecular weight is 278 g/mol. The van der Waals surface area contributed by atoms with E-state index in [9.17, 15) is 0 Å². The highest BCUT2D eigenvalue weighted by Crippen LogP contribution is 2.13. The molecule has 20 heavy (non-hydrogen) atoms. The predicted octanol–water partition coefficient (Wildman–Crippen LogP) is 0.179. The molecule has 1 aliphatic heterocycles. The van der Waals surface area contributed by atoms with Gasteiger partial charge in [-0.15, -0.1) is 0 Å². The standard InChI is InChI=1S/C17H28N2O/c1-15(2)17-6-4-16(5-7-17)14-18-8-3-9-19-10-12-20-13-11-19/h4-7,15,18H,3,8-14H2,1-2H3/p+2. The summed E-state index contributed by atoms with van der Waals surface area (Å²) < 4.78 is 5.38. The van der Waals surface area contributed by atoms with Crippen molar-refractivity contribution in [2.45, 2.75) is 32.7 Å². The molecule has 0 aliphatic carbocycles. The Morgan fingerprint density at radius 1 is 1.15 bits per heavy atom. The van der Waals surface area contributed by atoms with Crippen molar-refractivity contribution in [3.63, 3.8) is 0 Å². The van der Waals surface area contributed by atoms with Crippen molar-refractivity contribution < 1.29 is 15.0 Å². The molecule has 0 bridgehead atoms. The van der Waals surface area contributed by atoms with E-state index < -0.39 is 0 Å². The van der Waals surface area contributed by atoms with Crippen LogP contribution in [0.2, 0.25) is 0 Å². The van der Waals surface area contributed by atoms with Crippen LogP contribution in [-0.4, -0.2) is 39.4 Å². The van der Waals surface area contributed by atoms with Crippen LogP contribution in [0.15, 0.2) is 24.3 Å². The van der Waals surface area contributed by atoms with E-state index in [2.05, 4.69) is 43.4 Å². The van der Waals surface area contributed by atoms with E-state index in [1.165, 1.54) is 43.7 Å². The quantitative estimate of drug-likeness (QED) is 0.685. The molecule has 0 saturated carbocycles. The van der Waals surface area contributed by atoms with Gasteiger partial charge in [-0.05, 0) is 11.5 Å². The van der Waals surface area contributed by atoms with Gasteiger partial charge in [0.25, 0.3) is 0 Å².